The third-order valence-electron chi connectivity index (χ3n) is 4.59. The minimum Gasteiger partial charge on any atom is -0.310 e. The monoisotopic (exact) mass is 313 g/mol. The Labute approximate surface area is 118 Å². The van der Waals surface area contributed by atoms with Gasteiger partial charge in [0.25, 0.3) is 0 Å². The molecule has 20 heavy (non-hydrogen) atoms. The molecule has 118 valence electrons. The first-order valence-electron chi connectivity index (χ1n) is 7.19. The van der Waals surface area contributed by atoms with E-state index in [1.807, 2.05) is 0 Å². The Hall–Kier alpha value is -0.300. The maximum absolute atomic E-state index is 12.8. The van der Waals surface area contributed by atoms with Gasteiger partial charge in [0.15, 0.2) is 9.84 Å². The molecule has 3 nitrogen and oxygen atoms in total. The van der Waals surface area contributed by atoms with E-state index in [9.17, 15) is 21.6 Å². The largest absolute Gasteiger partial charge is 0.391 e. The molecule has 2 fully saturated rings. The third kappa shape index (κ3) is 3.87. The minimum atomic E-state index is -4.13. The standard InChI is InChI=1S/C13H22F3NO2S/c1-20(18,19)12-7-3-6-11(12)17-10-5-2-4-9(8-10)13(14,15)16/h9-12,17H,2-8H2,1H3/t9-,10-,11-,12+/m0/s1. The van der Waals surface area contributed by atoms with Crippen molar-refractivity contribution in [2.24, 2.45) is 5.92 Å². The summed E-state index contributed by atoms with van der Waals surface area (Å²) < 4.78 is 61.7. The predicted molar refractivity (Wildman–Crippen MR) is 71.2 cm³/mol. The van der Waals surface area contributed by atoms with Crippen LogP contribution in [0.15, 0.2) is 0 Å². The summed E-state index contributed by atoms with van der Waals surface area (Å²) in [6, 6.07) is -0.385. The van der Waals surface area contributed by atoms with Gasteiger partial charge < -0.3 is 5.32 Å². The second-order valence-corrected chi connectivity index (χ2v) is 8.44. The summed E-state index contributed by atoms with van der Waals surface area (Å²) in [5.41, 5.74) is 0. The van der Waals surface area contributed by atoms with Crippen LogP contribution >= 0.6 is 0 Å². The summed E-state index contributed by atoms with van der Waals surface area (Å²) in [4.78, 5) is 0. The van der Waals surface area contributed by atoms with Gasteiger partial charge in [-0.3, -0.25) is 0 Å². The van der Waals surface area contributed by atoms with Gasteiger partial charge in [0.1, 0.15) is 0 Å². The van der Waals surface area contributed by atoms with Gasteiger partial charge in [0, 0.05) is 18.3 Å². The summed E-state index contributed by atoms with van der Waals surface area (Å²) in [7, 11) is -3.13. The predicted octanol–water partition coefficient (Wildman–Crippen LogP) is 2.66. The number of alkyl halides is 3. The third-order valence-corrected chi connectivity index (χ3v) is 6.25. The summed E-state index contributed by atoms with van der Waals surface area (Å²) >= 11 is 0. The van der Waals surface area contributed by atoms with Crippen LogP contribution in [0.2, 0.25) is 0 Å². The lowest BCUT2D eigenvalue weighted by Gasteiger charge is -2.34. The zero-order chi connectivity index (χ0) is 15.0. The fourth-order valence-electron chi connectivity index (χ4n) is 3.57. The van der Waals surface area contributed by atoms with E-state index in [2.05, 4.69) is 5.32 Å². The van der Waals surface area contributed by atoms with Gasteiger partial charge in [-0.25, -0.2) is 8.42 Å². The quantitative estimate of drug-likeness (QED) is 0.871. The average Bonchev–Trinajstić information content (AvgIpc) is 2.76. The highest BCUT2D eigenvalue weighted by Crippen LogP contribution is 2.38. The van der Waals surface area contributed by atoms with Gasteiger partial charge in [0.2, 0.25) is 0 Å². The lowest BCUT2D eigenvalue weighted by atomic mass is 9.85. The molecule has 0 aliphatic heterocycles. The topological polar surface area (TPSA) is 46.2 Å². The molecule has 0 aromatic heterocycles. The van der Waals surface area contributed by atoms with E-state index in [0.29, 0.717) is 19.3 Å². The molecule has 0 aromatic carbocycles. The normalized spacial score (nSPS) is 36.2. The highest BCUT2D eigenvalue weighted by atomic mass is 32.2. The number of sulfone groups is 1. The first-order chi connectivity index (χ1) is 9.18. The zero-order valence-electron chi connectivity index (χ0n) is 11.6. The van der Waals surface area contributed by atoms with Crippen LogP contribution < -0.4 is 5.32 Å². The molecular formula is C13H22F3NO2S. The van der Waals surface area contributed by atoms with Crippen molar-refractivity contribution in [2.75, 3.05) is 6.26 Å². The Kier molecular flexibility index (Phi) is 4.69. The highest BCUT2D eigenvalue weighted by Gasteiger charge is 2.43. The Morgan fingerprint density at radius 1 is 1.05 bits per heavy atom. The van der Waals surface area contributed by atoms with E-state index < -0.39 is 27.2 Å². The van der Waals surface area contributed by atoms with Crippen LogP contribution in [0.5, 0.6) is 0 Å². The first-order valence-corrected chi connectivity index (χ1v) is 9.15. The van der Waals surface area contributed by atoms with Crippen molar-refractivity contribution in [3.63, 3.8) is 0 Å². The molecule has 7 heteroatoms. The van der Waals surface area contributed by atoms with Crippen molar-refractivity contribution in [2.45, 2.75) is 68.5 Å². The van der Waals surface area contributed by atoms with E-state index in [1.54, 1.807) is 0 Å². The van der Waals surface area contributed by atoms with E-state index >= 15 is 0 Å². The van der Waals surface area contributed by atoms with Crippen molar-refractivity contribution < 1.29 is 21.6 Å². The van der Waals surface area contributed by atoms with Gasteiger partial charge in [-0.2, -0.15) is 13.2 Å². The molecule has 0 saturated heterocycles. The van der Waals surface area contributed by atoms with Crippen molar-refractivity contribution in [1.29, 1.82) is 0 Å². The van der Waals surface area contributed by atoms with Crippen LogP contribution in [0.4, 0.5) is 13.2 Å². The molecule has 1 N–H and O–H groups in total. The second kappa shape index (κ2) is 5.83. The van der Waals surface area contributed by atoms with Crippen LogP contribution in [0.1, 0.15) is 44.9 Å². The SMILES string of the molecule is CS(=O)(=O)[C@@H]1CCC[C@@H]1N[C@H]1CCC[C@H](C(F)(F)F)C1. The van der Waals surface area contributed by atoms with Crippen molar-refractivity contribution >= 4 is 9.84 Å². The number of nitrogens with one attached hydrogen (secondary N) is 1. The van der Waals surface area contributed by atoms with Crippen molar-refractivity contribution in [1.82, 2.24) is 5.32 Å². The molecule has 2 saturated carbocycles. The molecule has 0 amide bonds. The lowest BCUT2D eigenvalue weighted by Crippen LogP contribution is -2.48. The van der Waals surface area contributed by atoms with E-state index in [4.69, 9.17) is 0 Å². The Bertz CT molecular complexity index is 435. The van der Waals surface area contributed by atoms with Crippen molar-refractivity contribution in [3.05, 3.63) is 0 Å². The van der Waals surface area contributed by atoms with E-state index in [0.717, 1.165) is 12.8 Å². The molecule has 0 bridgehead atoms. The maximum Gasteiger partial charge on any atom is 0.391 e. The zero-order valence-corrected chi connectivity index (χ0v) is 12.4. The summed E-state index contributed by atoms with van der Waals surface area (Å²) in [5, 5.41) is 2.76. The first kappa shape index (κ1) is 16.1. The number of hydrogen-bond donors (Lipinski definition) is 1. The summed E-state index contributed by atoms with van der Waals surface area (Å²) in [6.45, 7) is 0. The molecule has 2 aliphatic rings. The molecule has 4 atom stereocenters. The molecule has 2 aliphatic carbocycles. The highest BCUT2D eigenvalue weighted by molar-refractivity contribution is 7.91. The maximum atomic E-state index is 12.8. The molecule has 2 rings (SSSR count). The van der Waals surface area contributed by atoms with Gasteiger partial charge >= 0.3 is 6.18 Å². The van der Waals surface area contributed by atoms with Gasteiger partial charge in [-0.15, -0.1) is 0 Å². The van der Waals surface area contributed by atoms with Crippen LogP contribution in [-0.2, 0) is 9.84 Å². The van der Waals surface area contributed by atoms with Gasteiger partial charge in [-0.05, 0) is 32.1 Å². The van der Waals surface area contributed by atoms with E-state index in [1.165, 1.54) is 6.26 Å². The molecule has 0 radical (unpaired) electrons. The summed E-state index contributed by atoms with van der Waals surface area (Å²) in [6.07, 6.45) is 0.807. The molecule has 0 spiro atoms. The average molecular weight is 313 g/mol. The second-order valence-electron chi connectivity index (χ2n) is 6.17. The lowest BCUT2D eigenvalue weighted by molar-refractivity contribution is -0.183. The molecule has 0 aromatic rings. The van der Waals surface area contributed by atoms with Gasteiger partial charge in [-0.1, -0.05) is 12.8 Å². The molecule has 0 heterocycles. The van der Waals surface area contributed by atoms with E-state index in [-0.39, 0.29) is 24.9 Å². The van der Waals surface area contributed by atoms with Gasteiger partial charge in [0.05, 0.1) is 11.2 Å². The summed E-state index contributed by atoms with van der Waals surface area (Å²) in [5.74, 6) is -1.24. The van der Waals surface area contributed by atoms with Crippen LogP contribution in [0.25, 0.3) is 0 Å². The Balaban J connectivity index is 1.96. The molecular weight excluding hydrogens is 291 g/mol. The van der Waals surface area contributed by atoms with Crippen molar-refractivity contribution in [3.8, 4) is 0 Å². The fourth-order valence-corrected chi connectivity index (χ4v) is 4.98. The Morgan fingerprint density at radius 3 is 2.30 bits per heavy atom. The smallest absolute Gasteiger partial charge is 0.310 e. The number of rotatable bonds is 3. The van der Waals surface area contributed by atoms with Crippen LogP contribution in [0, 0.1) is 5.92 Å². The Morgan fingerprint density at radius 2 is 1.70 bits per heavy atom. The molecule has 0 unspecified atom stereocenters. The number of halogens is 3. The van der Waals surface area contributed by atoms with Crippen LogP contribution in [0.3, 0.4) is 0 Å². The van der Waals surface area contributed by atoms with Crippen LogP contribution in [-0.4, -0.2) is 38.2 Å². The number of hydrogen-bond acceptors (Lipinski definition) is 3. The minimum absolute atomic E-state index is 0.0798. The fraction of sp³-hybridized carbons (Fsp3) is 1.00.